The Hall–Kier alpha value is -0.820. The van der Waals surface area contributed by atoms with E-state index < -0.39 is 0 Å². The minimum Gasteiger partial charge on any atom is -0.330 e. The second-order valence-electron chi connectivity index (χ2n) is 6.05. The van der Waals surface area contributed by atoms with Crippen LogP contribution in [0.5, 0.6) is 0 Å². The highest BCUT2D eigenvalue weighted by atomic mass is 14.5. The lowest BCUT2D eigenvalue weighted by atomic mass is 9.93. The molecule has 0 spiro atoms. The second kappa shape index (κ2) is 12.0. The van der Waals surface area contributed by atoms with Crippen molar-refractivity contribution in [3.05, 3.63) is 35.9 Å². The molecule has 0 aliphatic rings. The van der Waals surface area contributed by atoms with Gasteiger partial charge in [-0.2, -0.15) is 0 Å². The lowest BCUT2D eigenvalue weighted by Gasteiger charge is -2.14. The van der Waals surface area contributed by atoms with Crippen LogP contribution < -0.4 is 5.73 Å². The van der Waals surface area contributed by atoms with Crippen LogP contribution in [0.4, 0.5) is 0 Å². The van der Waals surface area contributed by atoms with Gasteiger partial charge in [0.25, 0.3) is 0 Å². The maximum absolute atomic E-state index is 5.92. The van der Waals surface area contributed by atoms with Crippen molar-refractivity contribution < 1.29 is 0 Å². The van der Waals surface area contributed by atoms with Crippen LogP contribution in [0.3, 0.4) is 0 Å². The molecule has 1 atom stereocenters. The molecule has 1 aromatic carbocycles. The van der Waals surface area contributed by atoms with E-state index in [4.69, 9.17) is 5.73 Å². The summed E-state index contributed by atoms with van der Waals surface area (Å²) >= 11 is 0. The average Bonchev–Trinajstić information content (AvgIpc) is 2.49. The summed E-state index contributed by atoms with van der Waals surface area (Å²) in [5, 5.41) is 0. The highest BCUT2D eigenvalue weighted by Gasteiger charge is 2.07. The third kappa shape index (κ3) is 8.37. The fraction of sp³-hybridized carbons (Fsp3) is 0.684. The maximum Gasteiger partial charge on any atom is -0.00457 e. The molecule has 0 aliphatic heterocycles. The molecule has 1 rings (SSSR count). The molecule has 1 heteroatoms. The van der Waals surface area contributed by atoms with Crippen molar-refractivity contribution in [3.8, 4) is 0 Å². The number of benzene rings is 1. The van der Waals surface area contributed by atoms with Crippen molar-refractivity contribution >= 4 is 0 Å². The van der Waals surface area contributed by atoms with Gasteiger partial charge in [0, 0.05) is 0 Å². The van der Waals surface area contributed by atoms with Crippen LogP contribution in [0, 0.1) is 5.92 Å². The van der Waals surface area contributed by atoms with Crippen LogP contribution in [-0.2, 0) is 6.42 Å². The Balaban J connectivity index is 2.04. The van der Waals surface area contributed by atoms with Crippen molar-refractivity contribution in [1.82, 2.24) is 0 Å². The molecule has 1 unspecified atom stereocenters. The molecule has 20 heavy (non-hydrogen) atoms. The maximum atomic E-state index is 5.92. The van der Waals surface area contributed by atoms with Gasteiger partial charge in [-0.15, -0.1) is 0 Å². The second-order valence-corrected chi connectivity index (χ2v) is 6.05. The molecule has 0 aliphatic carbocycles. The molecular weight excluding hydrogens is 242 g/mol. The Kier molecular flexibility index (Phi) is 10.3. The van der Waals surface area contributed by atoms with Crippen LogP contribution in [0.1, 0.15) is 70.3 Å². The zero-order chi connectivity index (χ0) is 14.5. The molecule has 0 fully saturated rings. The van der Waals surface area contributed by atoms with Gasteiger partial charge < -0.3 is 5.73 Å². The quantitative estimate of drug-likeness (QED) is 0.512. The van der Waals surface area contributed by atoms with Crippen LogP contribution >= 0.6 is 0 Å². The monoisotopic (exact) mass is 275 g/mol. The van der Waals surface area contributed by atoms with Crippen molar-refractivity contribution in [2.75, 3.05) is 6.54 Å². The highest BCUT2D eigenvalue weighted by Crippen LogP contribution is 2.16. The predicted molar refractivity (Wildman–Crippen MR) is 89.9 cm³/mol. The van der Waals surface area contributed by atoms with Gasteiger partial charge in [-0.3, -0.25) is 0 Å². The number of hydrogen-bond donors (Lipinski definition) is 1. The van der Waals surface area contributed by atoms with E-state index in [9.17, 15) is 0 Å². The molecule has 0 radical (unpaired) electrons. The first kappa shape index (κ1) is 17.2. The summed E-state index contributed by atoms with van der Waals surface area (Å²) in [4.78, 5) is 0. The van der Waals surface area contributed by atoms with E-state index in [0.29, 0.717) is 5.92 Å². The normalized spacial score (nSPS) is 12.5. The van der Waals surface area contributed by atoms with Crippen LogP contribution in [0.15, 0.2) is 30.3 Å². The molecule has 114 valence electrons. The Morgan fingerprint density at radius 3 is 2.05 bits per heavy atom. The number of hydrogen-bond acceptors (Lipinski definition) is 1. The van der Waals surface area contributed by atoms with Gasteiger partial charge in [-0.25, -0.2) is 0 Å². The topological polar surface area (TPSA) is 26.0 Å². The van der Waals surface area contributed by atoms with E-state index in [2.05, 4.69) is 37.3 Å². The Morgan fingerprint density at radius 1 is 0.850 bits per heavy atom. The number of nitrogens with two attached hydrogens (primary N) is 1. The standard InChI is InChI=1S/C19H33N/c1-2-3-4-5-6-7-8-10-15-19(17-20)16-18-13-11-9-12-14-18/h9,11-14,19H,2-8,10,15-17,20H2,1H3. The molecular formula is C19H33N. The third-order valence-corrected chi connectivity index (χ3v) is 4.17. The summed E-state index contributed by atoms with van der Waals surface area (Å²) in [6.45, 7) is 3.10. The van der Waals surface area contributed by atoms with E-state index in [-0.39, 0.29) is 0 Å². The first-order valence-electron chi connectivity index (χ1n) is 8.60. The summed E-state index contributed by atoms with van der Waals surface area (Å²) in [6.07, 6.45) is 13.6. The van der Waals surface area contributed by atoms with E-state index >= 15 is 0 Å². The summed E-state index contributed by atoms with van der Waals surface area (Å²) in [7, 11) is 0. The highest BCUT2D eigenvalue weighted by molar-refractivity contribution is 5.15. The van der Waals surface area contributed by atoms with Crippen LogP contribution in [-0.4, -0.2) is 6.54 Å². The summed E-state index contributed by atoms with van der Waals surface area (Å²) in [6, 6.07) is 10.8. The van der Waals surface area contributed by atoms with Crippen molar-refractivity contribution in [3.63, 3.8) is 0 Å². The van der Waals surface area contributed by atoms with Gasteiger partial charge in [0.15, 0.2) is 0 Å². The Bertz CT molecular complexity index is 307. The lowest BCUT2D eigenvalue weighted by molar-refractivity contribution is 0.455. The number of unbranched alkanes of at least 4 members (excludes halogenated alkanes) is 7. The molecule has 0 saturated heterocycles. The first-order chi connectivity index (χ1) is 9.86. The molecule has 1 aromatic rings. The summed E-state index contributed by atoms with van der Waals surface area (Å²) < 4.78 is 0. The van der Waals surface area contributed by atoms with Crippen molar-refractivity contribution in [1.29, 1.82) is 0 Å². The van der Waals surface area contributed by atoms with Crippen LogP contribution in [0.2, 0.25) is 0 Å². The van der Waals surface area contributed by atoms with Gasteiger partial charge in [0.1, 0.15) is 0 Å². The largest absolute Gasteiger partial charge is 0.330 e. The Labute approximate surface area is 126 Å². The zero-order valence-electron chi connectivity index (χ0n) is 13.3. The van der Waals surface area contributed by atoms with Gasteiger partial charge >= 0.3 is 0 Å². The minimum absolute atomic E-state index is 0.664. The molecule has 1 nitrogen and oxygen atoms in total. The fourth-order valence-electron chi connectivity index (χ4n) is 2.82. The Morgan fingerprint density at radius 2 is 1.45 bits per heavy atom. The molecule has 0 saturated carbocycles. The number of rotatable bonds is 12. The fourth-order valence-corrected chi connectivity index (χ4v) is 2.82. The molecule has 2 N–H and O–H groups in total. The van der Waals surface area contributed by atoms with Gasteiger partial charge in [0.05, 0.1) is 0 Å². The van der Waals surface area contributed by atoms with Crippen molar-refractivity contribution in [2.24, 2.45) is 11.7 Å². The molecule has 0 heterocycles. The minimum atomic E-state index is 0.664. The van der Waals surface area contributed by atoms with Gasteiger partial charge in [-0.1, -0.05) is 88.6 Å². The SMILES string of the molecule is CCCCCCCCCCC(CN)Cc1ccccc1. The summed E-state index contributed by atoms with van der Waals surface area (Å²) in [5.41, 5.74) is 7.35. The predicted octanol–water partition coefficient (Wildman–Crippen LogP) is 5.33. The average molecular weight is 275 g/mol. The van der Waals surface area contributed by atoms with Crippen molar-refractivity contribution in [2.45, 2.75) is 71.1 Å². The van der Waals surface area contributed by atoms with E-state index in [0.717, 1.165) is 13.0 Å². The van der Waals surface area contributed by atoms with Gasteiger partial charge in [-0.05, 0) is 30.9 Å². The first-order valence-corrected chi connectivity index (χ1v) is 8.60. The smallest absolute Gasteiger partial charge is 0.00457 e. The summed E-state index contributed by atoms with van der Waals surface area (Å²) in [5.74, 6) is 0.664. The molecule has 0 aromatic heterocycles. The van der Waals surface area contributed by atoms with Crippen LogP contribution in [0.25, 0.3) is 0 Å². The van der Waals surface area contributed by atoms with E-state index in [1.165, 1.54) is 63.4 Å². The molecule has 0 bridgehead atoms. The zero-order valence-corrected chi connectivity index (χ0v) is 13.3. The lowest BCUT2D eigenvalue weighted by Crippen LogP contribution is -2.16. The van der Waals surface area contributed by atoms with E-state index in [1.807, 2.05) is 0 Å². The third-order valence-electron chi connectivity index (χ3n) is 4.17. The molecule has 0 amide bonds. The van der Waals surface area contributed by atoms with E-state index in [1.54, 1.807) is 0 Å². The van der Waals surface area contributed by atoms with Gasteiger partial charge in [0.2, 0.25) is 0 Å².